The Morgan fingerprint density at radius 1 is 1.11 bits per heavy atom. The van der Waals surface area contributed by atoms with E-state index < -0.39 is 18.1 Å². The molecule has 1 aliphatic heterocycles. The molecular formula is C28H40N4O5S. The lowest BCUT2D eigenvalue weighted by Gasteiger charge is -2.56. The minimum Gasteiger partial charge on any atom is -0.480 e. The molecule has 208 valence electrons. The minimum absolute atomic E-state index is 0.0320. The number of thiophene rings is 1. The quantitative estimate of drug-likeness (QED) is 0.313. The second kappa shape index (κ2) is 12.1. The lowest BCUT2D eigenvalue weighted by atomic mass is 9.50. The van der Waals surface area contributed by atoms with E-state index in [2.05, 4.69) is 20.9 Å². The third-order valence-corrected chi connectivity index (χ3v) is 9.79. The first kappa shape index (κ1) is 27.0. The van der Waals surface area contributed by atoms with Gasteiger partial charge in [-0.3, -0.25) is 15.1 Å². The van der Waals surface area contributed by atoms with Crippen molar-refractivity contribution in [2.75, 3.05) is 19.7 Å². The van der Waals surface area contributed by atoms with Gasteiger partial charge < -0.3 is 20.5 Å². The van der Waals surface area contributed by atoms with Gasteiger partial charge in [0.15, 0.2) is 5.96 Å². The average Bonchev–Trinajstić information content (AvgIpc) is 3.32. The van der Waals surface area contributed by atoms with Gasteiger partial charge in [0.05, 0.1) is 6.61 Å². The lowest BCUT2D eigenvalue weighted by molar-refractivity contribution is -0.139. The fourth-order valence-electron chi connectivity index (χ4n) is 7.33. The number of aryl methyl sites for hydroxylation is 1. The fourth-order valence-corrected chi connectivity index (χ4v) is 8.44. The highest BCUT2D eigenvalue weighted by atomic mass is 32.1. The predicted molar refractivity (Wildman–Crippen MR) is 145 cm³/mol. The van der Waals surface area contributed by atoms with Crippen LogP contribution >= 0.6 is 11.3 Å². The number of aliphatic carboxylic acids is 1. The molecule has 0 unspecified atom stereocenters. The number of carbonyl (C=O) groups is 3. The SMILES string of the molecule is O=C(CCCCc1ccc(C[C@H](NC(=O)OCC23CC4CC(CC(C4)C2)C3)C(=O)O)s1)NC1=NCCCN1. The normalized spacial score (nSPS) is 28.2. The van der Waals surface area contributed by atoms with Crippen LogP contribution in [0.1, 0.15) is 74.0 Å². The van der Waals surface area contributed by atoms with Crippen molar-refractivity contribution in [1.29, 1.82) is 0 Å². The molecule has 0 spiro atoms. The van der Waals surface area contributed by atoms with E-state index >= 15 is 0 Å². The summed E-state index contributed by atoms with van der Waals surface area (Å²) in [5.74, 6) is 1.81. The van der Waals surface area contributed by atoms with Gasteiger partial charge >= 0.3 is 12.1 Å². The largest absolute Gasteiger partial charge is 0.480 e. The highest BCUT2D eigenvalue weighted by molar-refractivity contribution is 7.12. The smallest absolute Gasteiger partial charge is 0.407 e. The zero-order valence-corrected chi connectivity index (χ0v) is 22.8. The number of ether oxygens (including phenoxy) is 1. The molecule has 10 heteroatoms. The van der Waals surface area contributed by atoms with Crippen LogP contribution in [0.3, 0.4) is 0 Å². The molecule has 4 N–H and O–H groups in total. The summed E-state index contributed by atoms with van der Waals surface area (Å²) >= 11 is 1.56. The Bertz CT molecular complexity index is 1020. The molecule has 9 nitrogen and oxygen atoms in total. The van der Waals surface area contributed by atoms with E-state index in [9.17, 15) is 19.5 Å². The predicted octanol–water partition coefficient (Wildman–Crippen LogP) is 3.86. The summed E-state index contributed by atoms with van der Waals surface area (Å²) in [6.45, 7) is 1.98. The number of amides is 2. The Labute approximate surface area is 228 Å². The van der Waals surface area contributed by atoms with Crippen LogP contribution in [0.15, 0.2) is 17.1 Å². The molecular weight excluding hydrogens is 504 g/mol. The van der Waals surface area contributed by atoms with Gasteiger partial charge in [0.2, 0.25) is 5.91 Å². The Balaban J connectivity index is 1.02. The second-order valence-corrected chi connectivity index (χ2v) is 13.1. The maximum absolute atomic E-state index is 12.6. The molecule has 1 aromatic rings. The number of nitrogens with one attached hydrogen (secondary N) is 3. The number of carbonyl (C=O) groups excluding carboxylic acids is 2. The standard InChI is InChI=1S/C28H40N4O5S/c33-24(32-26-29-8-3-9-30-26)5-2-1-4-21-6-7-22(38-21)13-23(25(34)35)31-27(36)37-17-28-14-18-10-19(15-28)12-20(11-18)16-28/h6-7,18-20,23H,1-5,8-17H2,(H,31,36)(H,34,35)(H2,29,30,32,33)/t18?,19?,20?,23-,28?/m0/s1. The van der Waals surface area contributed by atoms with Gasteiger partial charge in [0.25, 0.3) is 0 Å². The van der Waals surface area contributed by atoms with Gasteiger partial charge in [-0.25, -0.2) is 9.59 Å². The van der Waals surface area contributed by atoms with Crippen LogP contribution in [0.5, 0.6) is 0 Å². The van der Waals surface area contributed by atoms with Crippen molar-refractivity contribution in [3.8, 4) is 0 Å². The number of unbranched alkanes of at least 4 members (excludes halogenated alkanes) is 1. The van der Waals surface area contributed by atoms with Crippen LogP contribution in [0.25, 0.3) is 0 Å². The number of alkyl carbamates (subject to hydrolysis) is 1. The van der Waals surface area contributed by atoms with Crippen molar-refractivity contribution in [3.05, 3.63) is 21.9 Å². The number of carboxylic acid groups (broad SMARTS) is 1. The Morgan fingerprint density at radius 2 is 1.82 bits per heavy atom. The van der Waals surface area contributed by atoms with Crippen molar-refractivity contribution in [2.24, 2.45) is 28.2 Å². The van der Waals surface area contributed by atoms with Crippen molar-refractivity contribution < 1.29 is 24.2 Å². The Morgan fingerprint density at radius 3 is 2.47 bits per heavy atom. The van der Waals surface area contributed by atoms with Crippen LogP contribution in [-0.2, 0) is 27.2 Å². The van der Waals surface area contributed by atoms with Crippen LogP contribution in [0.2, 0.25) is 0 Å². The Hall–Kier alpha value is -2.62. The average molecular weight is 545 g/mol. The number of rotatable bonds is 11. The number of hydrogen-bond acceptors (Lipinski definition) is 7. The van der Waals surface area contributed by atoms with Crippen LogP contribution < -0.4 is 16.0 Å². The molecule has 0 radical (unpaired) electrons. The molecule has 0 saturated heterocycles. The summed E-state index contributed by atoms with van der Waals surface area (Å²) in [5, 5.41) is 18.2. The Kier molecular flexibility index (Phi) is 8.55. The zero-order valence-electron chi connectivity index (χ0n) is 22.0. The van der Waals surface area contributed by atoms with E-state index in [1.54, 1.807) is 11.3 Å². The topological polar surface area (TPSA) is 129 Å². The molecule has 1 aromatic heterocycles. The molecule has 4 fully saturated rings. The van der Waals surface area contributed by atoms with Crippen molar-refractivity contribution in [3.63, 3.8) is 0 Å². The lowest BCUT2D eigenvalue weighted by Crippen LogP contribution is -2.49. The first-order valence-electron chi connectivity index (χ1n) is 14.2. The van der Waals surface area contributed by atoms with Gasteiger partial charge in [-0.05, 0) is 94.1 Å². The summed E-state index contributed by atoms with van der Waals surface area (Å²) in [5.41, 5.74) is 0.106. The third-order valence-electron chi connectivity index (χ3n) is 8.62. The van der Waals surface area contributed by atoms with Gasteiger partial charge in [0.1, 0.15) is 6.04 Å². The third kappa shape index (κ3) is 7.07. The molecule has 38 heavy (non-hydrogen) atoms. The van der Waals surface area contributed by atoms with Gasteiger partial charge in [-0.1, -0.05) is 0 Å². The van der Waals surface area contributed by atoms with Crippen molar-refractivity contribution in [2.45, 2.75) is 83.1 Å². The molecule has 2 heterocycles. The number of hydrogen-bond donors (Lipinski definition) is 4. The molecule has 4 saturated carbocycles. The van der Waals surface area contributed by atoms with Crippen molar-refractivity contribution in [1.82, 2.24) is 16.0 Å². The molecule has 4 bridgehead atoms. The van der Waals surface area contributed by atoms with Crippen LogP contribution in [0.4, 0.5) is 4.79 Å². The number of carboxylic acids is 1. The number of guanidine groups is 1. The van der Waals surface area contributed by atoms with Crippen LogP contribution in [0, 0.1) is 23.2 Å². The van der Waals surface area contributed by atoms with E-state index in [0.29, 0.717) is 19.0 Å². The monoisotopic (exact) mass is 544 g/mol. The highest BCUT2D eigenvalue weighted by Gasteiger charge is 2.51. The number of aliphatic imine (C=N–C) groups is 1. The highest BCUT2D eigenvalue weighted by Crippen LogP contribution is 2.60. The minimum atomic E-state index is -1.06. The van der Waals surface area contributed by atoms with Crippen molar-refractivity contribution >= 4 is 35.3 Å². The number of nitrogens with zero attached hydrogens (tertiary/aromatic N) is 1. The van der Waals surface area contributed by atoms with E-state index in [1.807, 2.05) is 12.1 Å². The molecule has 4 aliphatic carbocycles. The first-order chi connectivity index (χ1) is 18.4. The van der Waals surface area contributed by atoms with Crippen LogP contribution in [-0.4, -0.2) is 54.8 Å². The summed E-state index contributed by atoms with van der Waals surface area (Å²) in [7, 11) is 0. The summed E-state index contributed by atoms with van der Waals surface area (Å²) < 4.78 is 5.63. The van der Waals surface area contributed by atoms with Gasteiger partial charge in [0, 0.05) is 41.1 Å². The fraction of sp³-hybridized carbons (Fsp3) is 0.714. The molecule has 1 atom stereocenters. The van der Waals surface area contributed by atoms with E-state index in [-0.39, 0.29) is 17.7 Å². The van der Waals surface area contributed by atoms with E-state index in [0.717, 1.165) is 85.5 Å². The molecule has 5 aliphatic rings. The first-order valence-corrected chi connectivity index (χ1v) is 15.0. The molecule has 0 aromatic carbocycles. The van der Waals surface area contributed by atoms with Gasteiger partial charge in [-0.15, -0.1) is 11.3 Å². The molecule has 2 amide bonds. The molecule has 6 rings (SSSR count). The van der Waals surface area contributed by atoms with E-state index in [4.69, 9.17) is 4.74 Å². The maximum Gasteiger partial charge on any atom is 0.407 e. The van der Waals surface area contributed by atoms with E-state index in [1.165, 1.54) is 19.3 Å². The zero-order chi connectivity index (χ0) is 26.5. The van der Waals surface area contributed by atoms with Gasteiger partial charge in [-0.2, -0.15) is 0 Å². The second-order valence-electron chi connectivity index (χ2n) is 11.9. The summed E-state index contributed by atoms with van der Waals surface area (Å²) in [4.78, 5) is 42.8. The maximum atomic E-state index is 12.6. The summed E-state index contributed by atoms with van der Waals surface area (Å²) in [6, 6.07) is 2.91. The summed E-state index contributed by atoms with van der Waals surface area (Å²) in [6.07, 6.45) is 10.9.